The Morgan fingerprint density at radius 2 is 1.40 bits per heavy atom. The Bertz CT molecular complexity index is 1370. The molecule has 0 radical (unpaired) electrons. The Hall–Kier alpha value is -1.96. The van der Waals surface area contributed by atoms with Crippen molar-refractivity contribution in [2.45, 2.75) is 146 Å². The molecule has 7 heteroatoms. The monoisotopic (exact) mass is 654 g/mol. The van der Waals surface area contributed by atoms with Gasteiger partial charge in [0.2, 0.25) is 0 Å². The minimum Gasteiger partial charge on any atom is -0.454 e. The van der Waals surface area contributed by atoms with Crippen LogP contribution in [0.4, 0.5) is 0 Å². The molecule has 0 bridgehead atoms. The van der Waals surface area contributed by atoms with Gasteiger partial charge < -0.3 is 24.8 Å². The van der Waals surface area contributed by atoms with Crippen molar-refractivity contribution in [2.24, 2.45) is 50.2 Å². The highest BCUT2D eigenvalue weighted by atomic mass is 16.6. The lowest BCUT2D eigenvalue weighted by Crippen LogP contribution is -2.72. The summed E-state index contributed by atoms with van der Waals surface area (Å²) in [5.74, 6) is -0.532. The van der Waals surface area contributed by atoms with Crippen molar-refractivity contribution in [1.82, 2.24) is 0 Å². The maximum absolute atomic E-state index is 13.5. The Balaban J connectivity index is 1.65. The van der Waals surface area contributed by atoms with E-state index < -0.39 is 47.7 Å². The molecule has 4 saturated carbocycles. The van der Waals surface area contributed by atoms with Gasteiger partial charge in [-0.3, -0.25) is 0 Å². The van der Waals surface area contributed by atoms with Crippen molar-refractivity contribution >= 4 is 11.9 Å². The molecule has 0 aromatic rings. The van der Waals surface area contributed by atoms with Gasteiger partial charge in [-0.25, -0.2) is 9.59 Å². The number of rotatable bonds is 5. The van der Waals surface area contributed by atoms with Gasteiger partial charge in [0.25, 0.3) is 0 Å². The number of carbonyl (C=O) groups is 2. The highest BCUT2D eigenvalue weighted by molar-refractivity contribution is 5.88. The Morgan fingerprint density at radius 1 is 0.830 bits per heavy atom. The van der Waals surface area contributed by atoms with Crippen LogP contribution in [0.3, 0.4) is 0 Å². The Labute approximate surface area is 283 Å². The Morgan fingerprint density at radius 3 is 1.96 bits per heavy atom. The molecule has 5 aliphatic rings. The van der Waals surface area contributed by atoms with Crippen molar-refractivity contribution in [1.29, 1.82) is 0 Å². The molecule has 0 saturated heterocycles. The summed E-state index contributed by atoms with van der Waals surface area (Å²) in [6.07, 6.45) is 8.26. The van der Waals surface area contributed by atoms with Crippen LogP contribution in [0.15, 0.2) is 34.9 Å². The molecule has 5 aliphatic carbocycles. The Kier molecular flexibility index (Phi) is 9.14. The highest BCUT2D eigenvalue weighted by Crippen LogP contribution is 2.76. The molecule has 0 aromatic carbocycles. The molecule has 5 rings (SSSR count). The third-order valence-corrected chi connectivity index (χ3v) is 15.3. The van der Waals surface area contributed by atoms with Gasteiger partial charge in [0.05, 0.1) is 24.2 Å². The van der Waals surface area contributed by atoms with Gasteiger partial charge in [0.15, 0.2) is 6.10 Å². The van der Waals surface area contributed by atoms with Crippen LogP contribution < -0.4 is 0 Å². The topological polar surface area (TPSA) is 113 Å². The summed E-state index contributed by atoms with van der Waals surface area (Å²) in [4.78, 5) is 26.8. The van der Waals surface area contributed by atoms with Crippen LogP contribution in [0.5, 0.6) is 0 Å². The quantitative estimate of drug-likeness (QED) is 0.165. The van der Waals surface area contributed by atoms with E-state index in [-0.39, 0.29) is 33.7 Å². The van der Waals surface area contributed by atoms with E-state index in [1.807, 2.05) is 0 Å². The van der Waals surface area contributed by atoms with Crippen LogP contribution in [-0.4, -0.2) is 58.3 Å². The van der Waals surface area contributed by atoms with E-state index >= 15 is 0 Å². The zero-order chi connectivity index (χ0) is 35.1. The second kappa shape index (κ2) is 11.8. The normalized spacial score (nSPS) is 45.7. The standard InChI is InChI=1S/C40H62O7/c1-12-23(3)33(44)46-31-32(47-34(45)24(4)13-2)40(22-41)26(20-35(31,5)6)25-14-15-28-37(9)18-17-29(42)36(7,8)27(37)16-19-38(28,10)39(25,11)21-30(40)43/h12-14,26-32,41-43H,15-22H2,1-11H3/b23-12-,24-13-/t26-,27-,28+,29-,30+,31-,32-,37-,38+,39+,40-/m0/s1. The fourth-order valence-electron chi connectivity index (χ4n) is 11.9. The zero-order valence-electron chi connectivity index (χ0n) is 30.9. The lowest BCUT2D eigenvalue weighted by molar-refractivity contribution is -0.265. The molecule has 0 spiro atoms. The second-order valence-corrected chi connectivity index (χ2v) is 18.0. The summed E-state index contributed by atoms with van der Waals surface area (Å²) in [5, 5.41) is 35.1. The van der Waals surface area contributed by atoms with Crippen molar-refractivity contribution < 1.29 is 34.4 Å². The summed E-state index contributed by atoms with van der Waals surface area (Å²) in [6, 6.07) is 0. The second-order valence-electron chi connectivity index (χ2n) is 18.0. The van der Waals surface area contributed by atoms with Gasteiger partial charge in [-0.15, -0.1) is 0 Å². The van der Waals surface area contributed by atoms with Gasteiger partial charge >= 0.3 is 11.9 Å². The van der Waals surface area contributed by atoms with Crippen LogP contribution in [0.2, 0.25) is 0 Å². The van der Waals surface area contributed by atoms with Crippen LogP contribution in [-0.2, 0) is 19.1 Å². The number of carbonyl (C=O) groups excluding carboxylic acids is 2. The van der Waals surface area contributed by atoms with Gasteiger partial charge in [-0.2, -0.15) is 0 Å². The summed E-state index contributed by atoms with van der Waals surface area (Å²) >= 11 is 0. The van der Waals surface area contributed by atoms with E-state index in [1.54, 1.807) is 39.8 Å². The number of allylic oxidation sites excluding steroid dienone is 4. The lowest BCUT2D eigenvalue weighted by atomic mass is 9.33. The first-order valence-electron chi connectivity index (χ1n) is 18.1. The molecule has 4 fully saturated rings. The van der Waals surface area contributed by atoms with Crippen molar-refractivity contribution in [3.05, 3.63) is 34.9 Å². The molecular weight excluding hydrogens is 592 g/mol. The predicted octanol–water partition coefficient (Wildman–Crippen LogP) is 7.09. The van der Waals surface area contributed by atoms with Crippen molar-refractivity contribution in [3.63, 3.8) is 0 Å². The highest BCUT2D eigenvalue weighted by Gasteiger charge is 2.73. The van der Waals surface area contributed by atoms with E-state index in [0.29, 0.717) is 35.8 Å². The van der Waals surface area contributed by atoms with E-state index in [0.717, 1.165) is 32.1 Å². The van der Waals surface area contributed by atoms with E-state index in [9.17, 15) is 24.9 Å². The molecule has 0 unspecified atom stereocenters. The predicted molar refractivity (Wildman–Crippen MR) is 183 cm³/mol. The van der Waals surface area contributed by atoms with Gasteiger partial charge in [-0.1, -0.05) is 72.3 Å². The zero-order valence-corrected chi connectivity index (χ0v) is 30.9. The summed E-state index contributed by atoms with van der Waals surface area (Å²) < 4.78 is 12.5. The first-order chi connectivity index (χ1) is 21.7. The molecule has 11 atom stereocenters. The average Bonchev–Trinajstić information content (AvgIpc) is 3.00. The van der Waals surface area contributed by atoms with Crippen LogP contribution in [0, 0.1) is 50.2 Å². The van der Waals surface area contributed by atoms with Crippen LogP contribution >= 0.6 is 0 Å². The lowest BCUT2D eigenvalue weighted by Gasteiger charge is -2.72. The van der Waals surface area contributed by atoms with Crippen molar-refractivity contribution in [2.75, 3.05) is 6.61 Å². The van der Waals surface area contributed by atoms with Crippen LogP contribution in [0.25, 0.3) is 0 Å². The number of ether oxygens (including phenoxy) is 2. The average molecular weight is 655 g/mol. The fourth-order valence-corrected chi connectivity index (χ4v) is 11.9. The molecule has 264 valence electrons. The largest absolute Gasteiger partial charge is 0.454 e. The molecule has 47 heavy (non-hydrogen) atoms. The summed E-state index contributed by atoms with van der Waals surface area (Å²) in [5.41, 5.74) is -0.357. The van der Waals surface area contributed by atoms with E-state index in [1.165, 1.54) is 5.57 Å². The van der Waals surface area contributed by atoms with E-state index in [4.69, 9.17) is 9.47 Å². The fraction of sp³-hybridized carbons (Fsp3) is 0.800. The van der Waals surface area contributed by atoms with Crippen molar-refractivity contribution in [3.8, 4) is 0 Å². The number of aliphatic hydroxyl groups is 3. The molecular formula is C40H62O7. The first kappa shape index (κ1) is 36.3. The SMILES string of the molecule is C/C=C(/C)C(=O)O[C@H]1[C@H](OC(=O)/C(C)=C\C)[C@]2(CO)[C@H](O)C[C@]3(C)C(=CC[C@@H]4[C@@]5(C)CC[C@H](O)C(C)(C)[C@@H]5CC[C@]43C)[C@@H]2CC1(C)C. The number of fused-ring (bicyclic) bond motifs is 7. The third-order valence-electron chi connectivity index (χ3n) is 15.3. The third kappa shape index (κ3) is 4.98. The number of hydrogen-bond acceptors (Lipinski definition) is 7. The molecule has 0 aliphatic heterocycles. The molecule has 0 amide bonds. The number of hydrogen-bond donors (Lipinski definition) is 3. The van der Waals surface area contributed by atoms with Crippen LogP contribution in [0.1, 0.15) is 121 Å². The van der Waals surface area contributed by atoms with E-state index in [2.05, 4.69) is 54.5 Å². The molecule has 0 heterocycles. The van der Waals surface area contributed by atoms with Gasteiger partial charge in [0, 0.05) is 16.6 Å². The molecule has 0 aromatic heterocycles. The summed E-state index contributed by atoms with van der Waals surface area (Å²) in [7, 11) is 0. The summed E-state index contributed by atoms with van der Waals surface area (Å²) in [6.45, 7) is 22.4. The smallest absolute Gasteiger partial charge is 0.333 e. The minimum atomic E-state index is -1.25. The maximum Gasteiger partial charge on any atom is 0.333 e. The minimum absolute atomic E-state index is 0.0507. The van der Waals surface area contributed by atoms with Gasteiger partial charge in [-0.05, 0) is 112 Å². The molecule has 7 nitrogen and oxygen atoms in total. The maximum atomic E-state index is 13.5. The van der Waals surface area contributed by atoms with Gasteiger partial charge in [0.1, 0.15) is 6.10 Å². The number of esters is 2. The number of aliphatic hydroxyl groups excluding tert-OH is 3. The first-order valence-corrected chi connectivity index (χ1v) is 18.1. The molecule has 3 N–H and O–H groups in total.